The Kier molecular flexibility index (Phi) is 5.85. The van der Waals surface area contributed by atoms with E-state index >= 15 is 0 Å². The maximum Gasteiger partial charge on any atom is 0.328 e. The van der Waals surface area contributed by atoms with Crippen LogP contribution in [0.5, 0.6) is 0 Å². The first-order valence-corrected chi connectivity index (χ1v) is 10.8. The number of nitrogens with zero attached hydrogens (tertiary/aromatic N) is 3. The highest BCUT2D eigenvalue weighted by Gasteiger charge is 2.31. The Labute approximate surface area is 182 Å². The molecule has 0 amide bonds. The molecule has 0 saturated heterocycles. The van der Waals surface area contributed by atoms with Crippen molar-refractivity contribution in [2.45, 2.75) is 51.6 Å². The number of hydrogen-bond donors (Lipinski definition) is 1. The molecule has 1 unspecified atom stereocenters. The second kappa shape index (κ2) is 8.57. The summed E-state index contributed by atoms with van der Waals surface area (Å²) in [5.41, 5.74) is 4.17. The number of rotatable bonds is 5. The zero-order valence-electron chi connectivity index (χ0n) is 18.2. The van der Waals surface area contributed by atoms with Crippen molar-refractivity contribution in [2.75, 3.05) is 13.7 Å². The molecule has 1 fully saturated rings. The zero-order chi connectivity index (χ0) is 22.1. The maximum absolute atomic E-state index is 12.1. The third kappa shape index (κ3) is 4.09. The lowest BCUT2D eigenvalue weighted by molar-refractivity contribution is -0.144. The Bertz CT molecular complexity index is 1060. The lowest BCUT2D eigenvalue weighted by Crippen LogP contribution is -2.35. The van der Waals surface area contributed by atoms with Crippen LogP contribution in [-0.2, 0) is 14.3 Å². The van der Waals surface area contributed by atoms with Crippen LogP contribution in [0.2, 0.25) is 0 Å². The lowest BCUT2D eigenvalue weighted by Gasteiger charge is -2.32. The first kappa shape index (κ1) is 21.2. The quantitative estimate of drug-likeness (QED) is 0.732. The van der Waals surface area contributed by atoms with Crippen molar-refractivity contribution in [3.63, 3.8) is 0 Å². The zero-order valence-corrected chi connectivity index (χ0v) is 18.2. The maximum atomic E-state index is 12.1. The smallest absolute Gasteiger partial charge is 0.328 e. The number of fused-ring (bicyclic) bond motifs is 1. The van der Waals surface area contributed by atoms with Crippen LogP contribution in [0.4, 0.5) is 0 Å². The van der Waals surface area contributed by atoms with E-state index in [1.807, 2.05) is 42.8 Å². The van der Waals surface area contributed by atoms with E-state index < -0.39 is 12.0 Å². The molecule has 4 rings (SSSR count). The average Bonchev–Trinajstić information content (AvgIpc) is 3.33. The summed E-state index contributed by atoms with van der Waals surface area (Å²) in [4.78, 5) is 23.4. The highest BCUT2D eigenvalue weighted by atomic mass is 16.5. The van der Waals surface area contributed by atoms with Crippen molar-refractivity contribution in [1.82, 2.24) is 9.58 Å². The van der Waals surface area contributed by atoms with Crippen molar-refractivity contribution in [2.24, 2.45) is 11.0 Å². The van der Waals surface area contributed by atoms with Crippen molar-refractivity contribution in [3.8, 4) is 0 Å². The molecule has 2 aliphatic rings. The summed E-state index contributed by atoms with van der Waals surface area (Å²) in [6, 6.07) is 7.92. The minimum Gasteiger partial charge on any atom is -0.481 e. The molecule has 1 aromatic carbocycles. The van der Waals surface area contributed by atoms with Crippen molar-refractivity contribution < 1.29 is 19.4 Å². The lowest BCUT2D eigenvalue weighted by atomic mass is 9.86. The van der Waals surface area contributed by atoms with E-state index in [0.717, 1.165) is 47.1 Å². The molecule has 1 saturated carbocycles. The number of ether oxygens (including phenoxy) is 1. The van der Waals surface area contributed by atoms with Crippen LogP contribution in [-0.4, -0.2) is 52.0 Å². The predicted molar refractivity (Wildman–Crippen MR) is 120 cm³/mol. The monoisotopic (exact) mass is 423 g/mol. The van der Waals surface area contributed by atoms with Gasteiger partial charge in [-0.15, -0.1) is 0 Å². The van der Waals surface area contributed by atoms with Gasteiger partial charge in [-0.25, -0.2) is 4.79 Å². The first-order chi connectivity index (χ1) is 14.9. The number of carboxylic acid groups (broad SMARTS) is 1. The number of benzene rings is 1. The highest BCUT2D eigenvalue weighted by molar-refractivity contribution is 6.05. The second-order valence-corrected chi connectivity index (χ2v) is 8.50. The fourth-order valence-electron chi connectivity index (χ4n) is 4.70. The van der Waals surface area contributed by atoms with Crippen molar-refractivity contribution >= 4 is 34.6 Å². The topological polar surface area (TPSA) is 84.1 Å². The van der Waals surface area contributed by atoms with Crippen LogP contribution >= 0.6 is 0 Å². The van der Waals surface area contributed by atoms with E-state index in [1.54, 1.807) is 0 Å². The SMILES string of the molecule is COC(=O)C(C)n1cc(C=C2CN(C3CCC(C(=O)O)CC3)N=C2C)c2ccccc21. The molecule has 7 heteroatoms. The van der Waals surface area contributed by atoms with Crippen LogP contribution in [0, 0.1) is 5.92 Å². The van der Waals surface area contributed by atoms with Gasteiger partial charge in [-0.05, 0) is 57.2 Å². The molecule has 1 aliphatic heterocycles. The number of methoxy groups -OCH3 is 1. The number of hydrazone groups is 1. The molecule has 31 heavy (non-hydrogen) atoms. The normalized spacial score (nSPS) is 23.8. The van der Waals surface area contributed by atoms with E-state index in [9.17, 15) is 14.7 Å². The average molecular weight is 424 g/mol. The number of hydrogen-bond acceptors (Lipinski definition) is 5. The second-order valence-electron chi connectivity index (χ2n) is 8.50. The van der Waals surface area contributed by atoms with Gasteiger partial charge in [0.25, 0.3) is 0 Å². The Morgan fingerprint density at radius 1 is 1.23 bits per heavy atom. The molecule has 164 valence electrons. The first-order valence-electron chi connectivity index (χ1n) is 10.8. The minimum absolute atomic E-state index is 0.220. The fraction of sp³-hybridized carbons (Fsp3) is 0.458. The van der Waals surface area contributed by atoms with Gasteiger partial charge in [0, 0.05) is 28.7 Å². The molecule has 1 atom stereocenters. The number of aliphatic carboxylic acids is 1. The van der Waals surface area contributed by atoms with Crippen molar-refractivity contribution in [3.05, 3.63) is 41.6 Å². The number of carbonyl (C=O) groups is 2. The summed E-state index contributed by atoms with van der Waals surface area (Å²) in [5.74, 6) is -1.18. The summed E-state index contributed by atoms with van der Waals surface area (Å²) in [6.45, 7) is 4.58. The Morgan fingerprint density at radius 2 is 1.94 bits per heavy atom. The fourth-order valence-corrected chi connectivity index (χ4v) is 4.70. The number of aromatic nitrogens is 1. The third-order valence-electron chi connectivity index (χ3n) is 6.60. The van der Waals surface area contributed by atoms with Gasteiger partial charge in [0.2, 0.25) is 0 Å². The summed E-state index contributed by atoms with van der Waals surface area (Å²) < 4.78 is 6.90. The molecule has 2 aromatic rings. The van der Waals surface area contributed by atoms with Crippen LogP contribution < -0.4 is 0 Å². The van der Waals surface area contributed by atoms with Gasteiger partial charge in [-0.2, -0.15) is 5.10 Å². The van der Waals surface area contributed by atoms with Crippen molar-refractivity contribution in [1.29, 1.82) is 0 Å². The van der Waals surface area contributed by atoms with E-state index in [-0.39, 0.29) is 17.9 Å². The number of carbonyl (C=O) groups excluding carboxylic acids is 1. The third-order valence-corrected chi connectivity index (χ3v) is 6.60. The number of para-hydroxylation sites is 1. The predicted octanol–water partition coefficient (Wildman–Crippen LogP) is 4.09. The molecule has 7 nitrogen and oxygen atoms in total. The van der Waals surface area contributed by atoms with E-state index in [4.69, 9.17) is 9.84 Å². The minimum atomic E-state index is -0.683. The van der Waals surface area contributed by atoms with Gasteiger partial charge in [-0.3, -0.25) is 9.80 Å². The molecular weight excluding hydrogens is 394 g/mol. The molecule has 1 N–H and O–H groups in total. The molecule has 2 heterocycles. The standard InChI is InChI=1S/C24H29N3O4/c1-15-18(14-27(25-15)20-10-8-17(9-11-20)23(28)29)12-19-13-26(16(2)24(30)31-3)22-7-5-4-6-21(19)22/h4-7,12-13,16-17,20H,8-11,14H2,1-3H3,(H,28,29). The summed E-state index contributed by atoms with van der Waals surface area (Å²) >= 11 is 0. The van der Waals surface area contributed by atoms with Gasteiger partial charge in [0.1, 0.15) is 6.04 Å². The number of carboxylic acids is 1. The molecular formula is C24H29N3O4. The summed E-state index contributed by atoms with van der Waals surface area (Å²) in [6.07, 6.45) is 7.30. The summed E-state index contributed by atoms with van der Waals surface area (Å²) in [5, 5.41) is 17.2. The van der Waals surface area contributed by atoms with E-state index in [0.29, 0.717) is 12.8 Å². The van der Waals surface area contributed by atoms with Gasteiger partial charge >= 0.3 is 11.9 Å². The van der Waals surface area contributed by atoms with Crippen LogP contribution in [0.1, 0.15) is 51.1 Å². The van der Waals surface area contributed by atoms with Gasteiger partial charge in [0.05, 0.1) is 25.3 Å². The molecule has 1 aromatic heterocycles. The highest BCUT2D eigenvalue weighted by Crippen LogP contribution is 2.32. The molecule has 0 radical (unpaired) electrons. The largest absolute Gasteiger partial charge is 0.481 e. The van der Waals surface area contributed by atoms with Gasteiger partial charge in [0.15, 0.2) is 0 Å². The van der Waals surface area contributed by atoms with Gasteiger partial charge < -0.3 is 14.4 Å². The Morgan fingerprint density at radius 3 is 2.61 bits per heavy atom. The van der Waals surface area contributed by atoms with Gasteiger partial charge in [-0.1, -0.05) is 18.2 Å². The molecule has 1 aliphatic carbocycles. The Balaban J connectivity index is 1.58. The van der Waals surface area contributed by atoms with Crippen LogP contribution in [0.25, 0.3) is 17.0 Å². The summed E-state index contributed by atoms with van der Waals surface area (Å²) in [7, 11) is 1.41. The van der Waals surface area contributed by atoms with Crippen LogP contribution in [0.15, 0.2) is 41.1 Å². The molecule has 0 bridgehead atoms. The van der Waals surface area contributed by atoms with E-state index in [2.05, 4.69) is 17.2 Å². The molecule has 0 spiro atoms. The number of esters is 1. The van der Waals surface area contributed by atoms with E-state index in [1.165, 1.54) is 7.11 Å². The van der Waals surface area contributed by atoms with Crippen LogP contribution in [0.3, 0.4) is 0 Å². The Hall–Kier alpha value is -3.09.